The molecule has 1 aromatic heterocycles. The Balaban J connectivity index is 1.75. The highest BCUT2D eigenvalue weighted by Crippen LogP contribution is 2.42. The molecule has 1 amide bonds. The number of aliphatic carboxylic acids is 1. The number of para-hydroxylation sites is 2. The third-order valence-corrected chi connectivity index (χ3v) is 4.91. The van der Waals surface area contributed by atoms with Crippen LogP contribution < -0.4 is 5.32 Å². The summed E-state index contributed by atoms with van der Waals surface area (Å²) >= 11 is 0. The van der Waals surface area contributed by atoms with E-state index in [1.807, 2.05) is 36.5 Å². The van der Waals surface area contributed by atoms with Crippen molar-refractivity contribution in [3.8, 4) is 5.69 Å². The van der Waals surface area contributed by atoms with Crippen molar-refractivity contribution >= 4 is 17.6 Å². The first kappa shape index (κ1) is 17.2. The molecule has 6 nitrogen and oxygen atoms in total. The number of hydrogen-bond donors (Lipinski definition) is 2. The highest BCUT2D eigenvalue weighted by molar-refractivity contribution is 5.93. The number of carboxylic acid groups (broad SMARTS) is 1. The molecule has 0 aliphatic heterocycles. The summed E-state index contributed by atoms with van der Waals surface area (Å²) in [6.07, 6.45) is 8.50. The molecule has 2 aromatic rings. The topological polar surface area (TPSA) is 84.2 Å². The van der Waals surface area contributed by atoms with Crippen molar-refractivity contribution in [1.29, 1.82) is 0 Å². The molecule has 1 aliphatic carbocycles. The van der Waals surface area contributed by atoms with Gasteiger partial charge in [0.1, 0.15) is 0 Å². The van der Waals surface area contributed by atoms with Crippen LogP contribution in [0.3, 0.4) is 0 Å². The lowest BCUT2D eigenvalue weighted by Gasteiger charge is -2.35. The number of hydrogen-bond acceptors (Lipinski definition) is 3. The number of anilines is 1. The molecule has 1 saturated carbocycles. The molecular formula is C19H23N3O3. The van der Waals surface area contributed by atoms with Gasteiger partial charge in [-0.05, 0) is 36.5 Å². The number of amides is 1. The Bertz CT molecular complexity index is 734. The predicted molar refractivity (Wildman–Crippen MR) is 94.6 cm³/mol. The van der Waals surface area contributed by atoms with E-state index >= 15 is 0 Å². The third kappa shape index (κ3) is 4.26. The molecule has 2 N–H and O–H groups in total. The van der Waals surface area contributed by atoms with Crippen LogP contribution in [0.5, 0.6) is 0 Å². The van der Waals surface area contributed by atoms with Crippen LogP contribution in [-0.4, -0.2) is 26.8 Å². The van der Waals surface area contributed by atoms with Crippen molar-refractivity contribution in [1.82, 2.24) is 9.78 Å². The van der Waals surface area contributed by atoms with Gasteiger partial charge in [-0.3, -0.25) is 9.59 Å². The van der Waals surface area contributed by atoms with Crippen LogP contribution >= 0.6 is 0 Å². The number of nitrogens with one attached hydrogen (secondary N) is 1. The van der Waals surface area contributed by atoms with Gasteiger partial charge in [0.25, 0.3) is 0 Å². The van der Waals surface area contributed by atoms with E-state index in [-0.39, 0.29) is 18.7 Å². The molecular weight excluding hydrogens is 318 g/mol. The smallest absolute Gasteiger partial charge is 0.303 e. The highest BCUT2D eigenvalue weighted by atomic mass is 16.4. The van der Waals surface area contributed by atoms with Crippen LogP contribution in [0.4, 0.5) is 5.69 Å². The summed E-state index contributed by atoms with van der Waals surface area (Å²) in [4.78, 5) is 23.9. The quantitative estimate of drug-likeness (QED) is 0.840. The molecule has 6 heteroatoms. The summed E-state index contributed by atoms with van der Waals surface area (Å²) in [5.41, 5.74) is 1.05. The lowest BCUT2D eigenvalue weighted by Crippen LogP contribution is -2.32. The molecule has 0 unspecified atom stereocenters. The zero-order valence-electron chi connectivity index (χ0n) is 14.1. The summed E-state index contributed by atoms with van der Waals surface area (Å²) < 4.78 is 1.70. The fourth-order valence-corrected chi connectivity index (χ4v) is 3.76. The summed E-state index contributed by atoms with van der Waals surface area (Å²) in [5, 5.41) is 16.4. The Morgan fingerprint density at radius 1 is 1.12 bits per heavy atom. The van der Waals surface area contributed by atoms with E-state index in [1.54, 1.807) is 10.9 Å². The van der Waals surface area contributed by atoms with E-state index in [0.717, 1.165) is 37.8 Å². The Morgan fingerprint density at radius 3 is 2.56 bits per heavy atom. The van der Waals surface area contributed by atoms with Crippen molar-refractivity contribution < 1.29 is 14.7 Å². The zero-order valence-corrected chi connectivity index (χ0v) is 14.1. The van der Waals surface area contributed by atoms with E-state index in [2.05, 4.69) is 10.4 Å². The van der Waals surface area contributed by atoms with Crippen molar-refractivity contribution in [3.63, 3.8) is 0 Å². The minimum absolute atomic E-state index is 0.0568. The summed E-state index contributed by atoms with van der Waals surface area (Å²) in [5.74, 6) is -0.964. The number of rotatable bonds is 6. The second-order valence-corrected chi connectivity index (χ2v) is 6.82. The van der Waals surface area contributed by atoms with Crippen molar-refractivity contribution in [2.45, 2.75) is 44.9 Å². The number of nitrogens with zero attached hydrogens (tertiary/aromatic N) is 2. The Kier molecular flexibility index (Phi) is 5.16. The Morgan fingerprint density at radius 2 is 1.88 bits per heavy atom. The van der Waals surface area contributed by atoms with E-state index < -0.39 is 11.4 Å². The summed E-state index contributed by atoms with van der Waals surface area (Å²) in [7, 11) is 0. The fourth-order valence-electron chi connectivity index (χ4n) is 3.76. The van der Waals surface area contributed by atoms with Crippen molar-refractivity contribution in [2.24, 2.45) is 5.41 Å². The van der Waals surface area contributed by atoms with E-state index in [4.69, 9.17) is 0 Å². The molecule has 132 valence electrons. The number of carbonyl (C=O) groups is 2. The minimum atomic E-state index is -0.827. The number of aromatic nitrogens is 2. The van der Waals surface area contributed by atoms with Crippen LogP contribution in [0, 0.1) is 5.41 Å². The fraction of sp³-hybridized carbons (Fsp3) is 0.421. The molecule has 0 atom stereocenters. The molecule has 1 heterocycles. The van der Waals surface area contributed by atoms with Gasteiger partial charge in [-0.25, -0.2) is 4.68 Å². The first-order valence-electron chi connectivity index (χ1n) is 8.69. The molecule has 1 fully saturated rings. The maximum absolute atomic E-state index is 12.7. The average molecular weight is 341 g/mol. The SMILES string of the molecule is O=C(O)CC1(CC(=O)Nc2ccccc2-n2cccn2)CCCCC1. The van der Waals surface area contributed by atoms with Gasteiger partial charge in [0.05, 0.1) is 17.8 Å². The van der Waals surface area contributed by atoms with Crippen LogP contribution in [0.15, 0.2) is 42.7 Å². The van der Waals surface area contributed by atoms with Gasteiger partial charge >= 0.3 is 5.97 Å². The van der Waals surface area contributed by atoms with Gasteiger partial charge in [-0.1, -0.05) is 31.4 Å². The molecule has 0 radical (unpaired) electrons. The van der Waals surface area contributed by atoms with Crippen LogP contribution in [0.1, 0.15) is 44.9 Å². The van der Waals surface area contributed by atoms with Gasteiger partial charge in [0, 0.05) is 18.8 Å². The lowest BCUT2D eigenvalue weighted by atomic mass is 9.69. The van der Waals surface area contributed by atoms with Crippen LogP contribution in [0.2, 0.25) is 0 Å². The molecule has 1 aromatic carbocycles. The molecule has 0 spiro atoms. The van der Waals surface area contributed by atoms with E-state index in [9.17, 15) is 14.7 Å². The summed E-state index contributed by atoms with van der Waals surface area (Å²) in [6.45, 7) is 0. The second kappa shape index (κ2) is 7.51. The zero-order chi connectivity index (χ0) is 17.7. The molecule has 25 heavy (non-hydrogen) atoms. The molecule has 0 bridgehead atoms. The number of carboxylic acids is 1. The maximum Gasteiger partial charge on any atom is 0.303 e. The van der Waals surface area contributed by atoms with Gasteiger partial charge in [0.15, 0.2) is 0 Å². The molecule has 0 saturated heterocycles. The monoisotopic (exact) mass is 341 g/mol. The Hall–Kier alpha value is -2.63. The van der Waals surface area contributed by atoms with Crippen LogP contribution in [-0.2, 0) is 9.59 Å². The molecule has 3 rings (SSSR count). The molecule has 1 aliphatic rings. The standard InChI is InChI=1S/C19H23N3O3/c23-17(13-19(14-18(24)25)9-4-1-5-10-19)21-15-7-2-3-8-16(15)22-12-6-11-20-22/h2-3,6-8,11-12H,1,4-5,9-10,13-14H2,(H,21,23)(H,24,25). The highest BCUT2D eigenvalue weighted by Gasteiger charge is 2.36. The lowest BCUT2D eigenvalue weighted by molar-refractivity contribution is -0.140. The second-order valence-electron chi connectivity index (χ2n) is 6.82. The van der Waals surface area contributed by atoms with E-state index in [0.29, 0.717) is 5.69 Å². The Labute approximate surface area is 146 Å². The average Bonchev–Trinajstić information content (AvgIpc) is 3.09. The van der Waals surface area contributed by atoms with Gasteiger partial charge < -0.3 is 10.4 Å². The van der Waals surface area contributed by atoms with E-state index in [1.165, 1.54) is 0 Å². The minimum Gasteiger partial charge on any atom is -0.481 e. The first-order valence-corrected chi connectivity index (χ1v) is 8.69. The third-order valence-electron chi connectivity index (χ3n) is 4.91. The van der Waals surface area contributed by atoms with Crippen LogP contribution in [0.25, 0.3) is 5.69 Å². The predicted octanol–water partition coefficient (Wildman–Crippen LogP) is 3.63. The van der Waals surface area contributed by atoms with Crippen molar-refractivity contribution in [2.75, 3.05) is 5.32 Å². The number of carbonyl (C=O) groups excluding carboxylic acids is 1. The first-order chi connectivity index (χ1) is 12.1. The normalized spacial score (nSPS) is 16.3. The number of benzene rings is 1. The maximum atomic E-state index is 12.7. The summed E-state index contributed by atoms with van der Waals surface area (Å²) in [6, 6.07) is 9.29. The van der Waals surface area contributed by atoms with Gasteiger partial charge in [-0.2, -0.15) is 5.10 Å². The van der Waals surface area contributed by atoms with Crippen molar-refractivity contribution in [3.05, 3.63) is 42.7 Å². The van der Waals surface area contributed by atoms with Gasteiger partial charge in [0.2, 0.25) is 5.91 Å². The largest absolute Gasteiger partial charge is 0.481 e. The van der Waals surface area contributed by atoms with Gasteiger partial charge in [-0.15, -0.1) is 0 Å².